The number of methoxy groups -OCH3 is 1. The van der Waals surface area contributed by atoms with Crippen LogP contribution in [0.15, 0.2) is 12.1 Å². The highest BCUT2D eigenvalue weighted by molar-refractivity contribution is 5.30. The third-order valence-corrected chi connectivity index (χ3v) is 2.62. The van der Waals surface area contributed by atoms with E-state index in [0.717, 1.165) is 6.07 Å². The van der Waals surface area contributed by atoms with Crippen LogP contribution in [-0.2, 0) is 10.3 Å². The Kier molecular flexibility index (Phi) is 3.99. The molecule has 1 unspecified atom stereocenters. The van der Waals surface area contributed by atoms with Gasteiger partial charge in [0.2, 0.25) is 0 Å². The molecule has 0 saturated heterocycles. The first-order valence-corrected chi connectivity index (χ1v) is 5.06. The van der Waals surface area contributed by atoms with Crippen LogP contribution in [0, 0.1) is 18.6 Å². The second-order valence-electron chi connectivity index (χ2n) is 4.07. The summed E-state index contributed by atoms with van der Waals surface area (Å²) in [5, 5.41) is 10.0. The summed E-state index contributed by atoms with van der Waals surface area (Å²) in [5.74, 6) is -1.43. The highest BCUT2D eigenvalue weighted by Gasteiger charge is 2.30. The van der Waals surface area contributed by atoms with Crippen LogP contribution >= 0.6 is 0 Å². The highest BCUT2D eigenvalue weighted by atomic mass is 19.1. The van der Waals surface area contributed by atoms with Gasteiger partial charge in [-0.15, -0.1) is 0 Å². The van der Waals surface area contributed by atoms with Crippen molar-refractivity contribution in [2.24, 2.45) is 0 Å². The number of hydrogen-bond donors (Lipinski definition) is 1. The summed E-state index contributed by atoms with van der Waals surface area (Å²) in [6, 6.07) is 2.51. The van der Waals surface area contributed by atoms with Crippen molar-refractivity contribution in [1.29, 1.82) is 0 Å². The molecule has 0 aliphatic heterocycles. The Hall–Kier alpha value is -1.00. The fraction of sp³-hybridized carbons (Fsp3) is 0.500. The fourth-order valence-electron chi connectivity index (χ4n) is 1.58. The van der Waals surface area contributed by atoms with Crippen LogP contribution in [0.2, 0.25) is 0 Å². The second-order valence-corrected chi connectivity index (χ2v) is 4.07. The van der Waals surface area contributed by atoms with Crippen molar-refractivity contribution in [2.45, 2.75) is 25.9 Å². The Bertz CT molecular complexity index is 376. The van der Waals surface area contributed by atoms with Gasteiger partial charge in [0.25, 0.3) is 0 Å². The van der Waals surface area contributed by atoms with E-state index in [-0.39, 0.29) is 18.6 Å². The highest BCUT2D eigenvalue weighted by Crippen LogP contribution is 2.30. The minimum Gasteiger partial charge on any atom is -0.385 e. The van der Waals surface area contributed by atoms with Gasteiger partial charge in [-0.3, -0.25) is 0 Å². The van der Waals surface area contributed by atoms with Crippen molar-refractivity contribution in [3.63, 3.8) is 0 Å². The molecular weight excluding hydrogens is 214 g/mol. The maximum absolute atomic E-state index is 13.7. The third-order valence-electron chi connectivity index (χ3n) is 2.62. The Labute approximate surface area is 93.9 Å². The number of halogens is 2. The molecule has 4 heteroatoms. The first kappa shape index (κ1) is 13.1. The van der Waals surface area contributed by atoms with Gasteiger partial charge >= 0.3 is 0 Å². The number of benzene rings is 1. The Morgan fingerprint density at radius 1 is 1.38 bits per heavy atom. The van der Waals surface area contributed by atoms with Gasteiger partial charge in [0.15, 0.2) is 0 Å². The molecule has 1 N–H and O–H groups in total. The van der Waals surface area contributed by atoms with Crippen LogP contribution in [0.3, 0.4) is 0 Å². The first-order chi connectivity index (χ1) is 7.40. The van der Waals surface area contributed by atoms with Crippen molar-refractivity contribution in [1.82, 2.24) is 0 Å². The molecule has 1 rings (SSSR count). The lowest BCUT2D eigenvalue weighted by atomic mass is 9.90. The quantitative estimate of drug-likeness (QED) is 0.861. The molecule has 1 aromatic carbocycles. The third kappa shape index (κ3) is 2.57. The molecule has 0 spiro atoms. The molecule has 16 heavy (non-hydrogen) atoms. The van der Waals surface area contributed by atoms with Gasteiger partial charge < -0.3 is 9.84 Å². The van der Waals surface area contributed by atoms with Crippen LogP contribution in [0.1, 0.15) is 24.5 Å². The van der Waals surface area contributed by atoms with Crippen molar-refractivity contribution >= 4 is 0 Å². The molecule has 0 bridgehead atoms. The summed E-state index contributed by atoms with van der Waals surface area (Å²) in [4.78, 5) is 0. The second kappa shape index (κ2) is 4.89. The zero-order valence-electron chi connectivity index (χ0n) is 9.68. The average Bonchev–Trinajstić information content (AvgIpc) is 2.21. The van der Waals surface area contributed by atoms with Crippen LogP contribution in [0.5, 0.6) is 0 Å². The van der Waals surface area contributed by atoms with Crippen molar-refractivity contribution in [3.8, 4) is 0 Å². The number of rotatable bonds is 4. The predicted molar refractivity (Wildman–Crippen MR) is 57.2 cm³/mol. The lowest BCUT2D eigenvalue weighted by Gasteiger charge is -2.25. The summed E-state index contributed by atoms with van der Waals surface area (Å²) >= 11 is 0. The lowest BCUT2D eigenvalue weighted by Crippen LogP contribution is -2.26. The molecule has 1 aromatic rings. The number of aryl methyl sites for hydroxylation is 1. The molecule has 2 nitrogen and oxygen atoms in total. The summed E-state index contributed by atoms with van der Waals surface area (Å²) in [5.41, 5.74) is -1.53. The summed E-state index contributed by atoms with van der Waals surface area (Å²) in [6.07, 6.45) is 0.140. The average molecular weight is 230 g/mol. The molecule has 0 fully saturated rings. The molecule has 0 amide bonds. The van der Waals surface area contributed by atoms with Crippen LogP contribution in [0.25, 0.3) is 0 Å². The van der Waals surface area contributed by atoms with E-state index in [2.05, 4.69) is 0 Å². The van der Waals surface area contributed by atoms with Crippen molar-refractivity contribution < 1.29 is 18.6 Å². The van der Waals surface area contributed by atoms with Crippen LogP contribution in [0.4, 0.5) is 8.78 Å². The van der Waals surface area contributed by atoms with Crippen LogP contribution < -0.4 is 0 Å². The predicted octanol–water partition coefficient (Wildman–Crippen LogP) is 2.52. The lowest BCUT2D eigenvalue weighted by molar-refractivity contribution is 0.0149. The maximum Gasteiger partial charge on any atom is 0.135 e. The zero-order valence-corrected chi connectivity index (χ0v) is 9.68. The van der Waals surface area contributed by atoms with E-state index in [0.29, 0.717) is 5.56 Å². The van der Waals surface area contributed by atoms with E-state index in [1.54, 1.807) is 0 Å². The normalized spacial score (nSPS) is 14.9. The molecule has 0 aliphatic carbocycles. The van der Waals surface area contributed by atoms with Gasteiger partial charge in [0.05, 0.1) is 11.2 Å². The van der Waals surface area contributed by atoms with Crippen molar-refractivity contribution in [3.05, 3.63) is 34.9 Å². The van der Waals surface area contributed by atoms with E-state index in [4.69, 9.17) is 4.74 Å². The van der Waals surface area contributed by atoms with Gasteiger partial charge in [0, 0.05) is 20.1 Å². The molecule has 90 valence electrons. The van der Waals surface area contributed by atoms with Gasteiger partial charge in [-0.2, -0.15) is 0 Å². The van der Waals surface area contributed by atoms with E-state index in [1.165, 1.54) is 27.0 Å². The minimum atomic E-state index is -1.56. The largest absolute Gasteiger partial charge is 0.385 e. The van der Waals surface area contributed by atoms with E-state index in [9.17, 15) is 13.9 Å². The van der Waals surface area contributed by atoms with E-state index < -0.39 is 17.2 Å². The number of hydrogen-bond acceptors (Lipinski definition) is 2. The van der Waals surface area contributed by atoms with Gasteiger partial charge in [-0.25, -0.2) is 8.78 Å². The van der Waals surface area contributed by atoms with Crippen molar-refractivity contribution in [2.75, 3.05) is 13.7 Å². The number of ether oxygens (including phenoxy) is 1. The molecule has 0 radical (unpaired) electrons. The standard InChI is InChI=1S/C12H16F2O2/c1-8-4-5-9(13)10(11(8)14)12(2,15)6-7-16-3/h4-5,15H,6-7H2,1-3H3. The topological polar surface area (TPSA) is 29.5 Å². The molecule has 0 saturated carbocycles. The maximum atomic E-state index is 13.7. The summed E-state index contributed by atoms with van der Waals surface area (Å²) in [6.45, 7) is 3.15. The molecule has 1 atom stereocenters. The monoisotopic (exact) mass is 230 g/mol. The molecular formula is C12H16F2O2. The van der Waals surface area contributed by atoms with Gasteiger partial charge in [-0.1, -0.05) is 6.07 Å². The Balaban J connectivity index is 3.15. The zero-order chi connectivity index (χ0) is 12.3. The van der Waals surface area contributed by atoms with Gasteiger partial charge in [-0.05, 0) is 25.5 Å². The van der Waals surface area contributed by atoms with E-state index >= 15 is 0 Å². The Morgan fingerprint density at radius 3 is 2.56 bits per heavy atom. The Morgan fingerprint density at radius 2 is 2.00 bits per heavy atom. The van der Waals surface area contributed by atoms with E-state index in [1.807, 2.05) is 0 Å². The van der Waals surface area contributed by atoms with Crippen LogP contribution in [-0.4, -0.2) is 18.8 Å². The summed E-state index contributed by atoms with van der Waals surface area (Å²) in [7, 11) is 1.47. The fourth-order valence-corrected chi connectivity index (χ4v) is 1.58. The minimum absolute atomic E-state index is 0.140. The smallest absolute Gasteiger partial charge is 0.135 e. The SMILES string of the molecule is COCCC(C)(O)c1c(F)ccc(C)c1F. The number of aliphatic hydroxyl groups is 1. The van der Waals surface area contributed by atoms with Gasteiger partial charge in [0.1, 0.15) is 11.6 Å². The summed E-state index contributed by atoms with van der Waals surface area (Å²) < 4.78 is 32.1. The first-order valence-electron chi connectivity index (χ1n) is 5.06. The molecule has 0 heterocycles. The molecule has 0 aliphatic rings. The molecule has 0 aromatic heterocycles.